The van der Waals surface area contributed by atoms with Gasteiger partial charge in [-0.15, -0.1) is 0 Å². The highest BCUT2D eigenvalue weighted by molar-refractivity contribution is 5.96. The SMILES string of the molecule is Cc1c(C(=O)NC(C)c2ccc(NC(N)=O)cc2)cccc1[N+](=O)[O-]. The molecule has 8 nitrogen and oxygen atoms in total. The molecule has 2 rings (SSSR count). The molecular formula is C17H18N4O4. The van der Waals surface area contributed by atoms with Gasteiger partial charge in [-0.05, 0) is 37.6 Å². The van der Waals surface area contributed by atoms with Crippen molar-refractivity contribution in [3.63, 3.8) is 0 Å². The van der Waals surface area contributed by atoms with Crippen molar-refractivity contribution in [3.05, 3.63) is 69.3 Å². The van der Waals surface area contributed by atoms with Gasteiger partial charge < -0.3 is 16.4 Å². The van der Waals surface area contributed by atoms with Crippen molar-refractivity contribution >= 4 is 23.3 Å². The van der Waals surface area contributed by atoms with Gasteiger partial charge in [0, 0.05) is 22.9 Å². The van der Waals surface area contributed by atoms with Crippen LogP contribution in [-0.2, 0) is 0 Å². The Kier molecular flexibility index (Phi) is 5.33. The molecule has 1 atom stereocenters. The van der Waals surface area contributed by atoms with E-state index < -0.39 is 16.9 Å². The Morgan fingerprint density at radius 3 is 2.36 bits per heavy atom. The van der Waals surface area contributed by atoms with Crippen LogP contribution < -0.4 is 16.4 Å². The van der Waals surface area contributed by atoms with Crippen LogP contribution in [0, 0.1) is 17.0 Å². The van der Waals surface area contributed by atoms with E-state index in [1.807, 2.05) is 0 Å². The maximum Gasteiger partial charge on any atom is 0.316 e. The third kappa shape index (κ3) is 4.31. The van der Waals surface area contributed by atoms with Crippen molar-refractivity contribution in [3.8, 4) is 0 Å². The minimum atomic E-state index is -0.657. The molecule has 0 saturated carbocycles. The number of nitrogens with zero attached hydrogens (tertiary/aromatic N) is 1. The first kappa shape index (κ1) is 17.9. The van der Waals surface area contributed by atoms with Crippen molar-refractivity contribution in [2.45, 2.75) is 19.9 Å². The van der Waals surface area contributed by atoms with E-state index in [0.717, 1.165) is 5.56 Å². The third-order valence-corrected chi connectivity index (χ3v) is 3.77. The molecule has 0 aliphatic carbocycles. The quantitative estimate of drug-likeness (QED) is 0.570. The van der Waals surface area contributed by atoms with Gasteiger partial charge in [-0.1, -0.05) is 18.2 Å². The fourth-order valence-electron chi connectivity index (χ4n) is 2.42. The molecule has 3 amide bonds. The van der Waals surface area contributed by atoms with Gasteiger partial charge in [-0.3, -0.25) is 14.9 Å². The molecular weight excluding hydrogens is 324 g/mol. The number of nitrogens with one attached hydrogen (secondary N) is 2. The fourth-order valence-corrected chi connectivity index (χ4v) is 2.42. The third-order valence-electron chi connectivity index (χ3n) is 3.77. The van der Waals surface area contributed by atoms with Gasteiger partial charge in [0.2, 0.25) is 0 Å². The molecule has 25 heavy (non-hydrogen) atoms. The Balaban J connectivity index is 2.14. The van der Waals surface area contributed by atoms with Crippen LogP contribution in [0.2, 0.25) is 0 Å². The smallest absolute Gasteiger partial charge is 0.316 e. The molecule has 130 valence electrons. The lowest BCUT2D eigenvalue weighted by atomic mass is 10.0. The molecule has 4 N–H and O–H groups in total. The van der Waals surface area contributed by atoms with Gasteiger partial charge in [-0.25, -0.2) is 4.79 Å². The number of benzene rings is 2. The highest BCUT2D eigenvalue weighted by atomic mass is 16.6. The number of hydrogen-bond donors (Lipinski definition) is 3. The summed E-state index contributed by atoms with van der Waals surface area (Å²) in [4.78, 5) is 33.7. The molecule has 2 aromatic rings. The number of anilines is 1. The molecule has 2 aromatic carbocycles. The average molecular weight is 342 g/mol. The number of carbonyl (C=O) groups is 2. The van der Waals surface area contributed by atoms with E-state index in [4.69, 9.17) is 5.73 Å². The number of nitro benzene ring substituents is 1. The van der Waals surface area contributed by atoms with Crippen molar-refractivity contribution in [1.29, 1.82) is 0 Å². The van der Waals surface area contributed by atoms with Crippen LogP contribution in [0.3, 0.4) is 0 Å². The first-order valence-corrected chi connectivity index (χ1v) is 7.51. The van der Waals surface area contributed by atoms with E-state index in [1.165, 1.54) is 12.1 Å². The Morgan fingerprint density at radius 1 is 1.16 bits per heavy atom. The van der Waals surface area contributed by atoms with Crippen molar-refractivity contribution < 1.29 is 14.5 Å². The summed E-state index contributed by atoms with van der Waals surface area (Å²) in [7, 11) is 0. The Labute approximate surface area is 144 Å². The molecule has 8 heteroatoms. The maximum atomic E-state index is 12.4. The van der Waals surface area contributed by atoms with Crippen LogP contribution in [0.1, 0.15) is 34.5 Å². The number of rotatable bonds is 5. The van der Waals surface area contributed by atoms with E-state index in [2.05, 4.69) is 10.6 Å². The van der Waals surface area contributed by atoms with E-state index in [1.54, 1.807) is 44.2 Å². The lowest BCUT2D eigenvalue weighted by molar-refractivity contribution is -0.385. The minimum Gasteiger partial charge on any atom is -0.351 e. The molecule has 0 fully saturated rings. The fraction of sp³-hybridized carbons (Fsp3) is 0.176. The van der Waals surface area contributed by atoms with Crippen molar-refractivity contribution in [2.24, 2.45) is 5.73 Å². The lowest BCUT2D eigenvalue weighted by Crippen LogP contribution is -2.27. The maximum absolute atomic E-state index is 12.4. The molecule has 0 aliphatic heterocycles. The van der Waals surface area contributed by atoms with Crippen LogP contribution in [-0.4, -0.2) is 16.9 Å². The summed E-state index contributed by atoms with van der Waals surface area (Å²) in [6.07, 6.45) is 0. The van der Waals surface area contributed by atoms with Crippen LogP contribution in [0.5, 0.6) is 0 Å². The molecule has 1 unspecified atom stereocenters. The first-order chi connectivity index (χ1) is 11.8. The highest BCUT2D eigenvalue weighted by Crippen LogP contribution is 2.22. The summed E-state index contributed by atoms with van der Waals surface area (Å²) >= 11 is 0. The predicted octanol–water partition coefficient (Wildman–Crippen LogP) is 2.88. The van der Waals surface area contributed by atoms with Crippen molar-refractivity contribution in [2.75, 3.05) is 5.32 Å². The number of carbonyl (C=O) groups excluding carboxylic acids is 2. The zero-order valence-electron chi connectivity index (χ0n) is 13.8. The molecule has 0 radical (unpaired) electrons. The molecule has 0 saturated heterocycles. The number of primary amides is 1. The monoisotopic (exact) mass is 342 g/mol. The van der Waals surface area contributed by atoms with Gasteiger partial charge in [-0.2, -0.15) is 0 Å². The van der Waals surface area contributed by atoms with Crippen LogP contribution in [0.4, 0.5) is 16.2 Å². The zero-order valence-corrected chi connectivity index (χ0v) is 13.8. The van der Waals surface area contributed by atoms with Gasteiger partial charge in [0.1, 0.15) is 0 Å². The summed E-state index contributed by atoms with van der Waals surface area (Å²) in [5, 5.41) is 16.2. The number of hydrogen-bond acceptors (Lipinski definition) is 4. The number of nitrogens with two attached hydrogens (primary N) is 1. The average Bonchev–Trinajstić information content (AvgIpc) is 2.54. The standard InChI is InChI=1S/C17H18N4O4/c1-10-14(4-3-5-15(10)21(24)25)16(22)19-11(2)12-6-8-13(9-7-12)20-17(18)23/h3-9,11H,1-2H3,(H,19,22)(H3,18,20,23). The van der Waals surface area contributed by atoms with Crippen LogP contribution in [0.25, 0.3) is 0 Å². The van der Waals surface area contributed by atoms with Gasteiger partial charge >= 0.3 is 6.03 Å². The molecule has 0 spiro atoms. The summed E-state index contributed by atoms with van der Waals surface area (Å²) in [5.74, 6) is -0.395. The zero-order chi connectivity index (χ0) is 18.6. The topological polar surface area (TPSA) is 127 Å². The number of nitro groups is 1. The largest absolute Gasteiger partial charge is 0.351 e. The summed E-state index contributed by atoms with van der Waals surface area (Å²) in [5.41, 5.74) is 6.88. The van der Waals surface area contributed by atoms with E-state index in [0.29, 0.717) is 11.3 Å². The second-order valence-electron chi connectivity index (χ2n) is 5.51. The number of urea groups is 1. The van der Waals surface area contributed by atoms with Crippen LogP contribution >= 0.6 is 0 Å². The highest BCUT2D eigenvalue weighted by Gasteiger charge is 2.19. The normalized spacial score (nSPS) is 11.4. The van der Waals surface area contributed by atoms with E-state index in [-0.39, 0.29) is 17.3 Å². The molecule has 0 heterocycles. The van der Waals surface area contributed by atoms with Gasteiger partial charge in [0.15, 0.2) is 0 Å². The molecule has 0 bridgehead atoms. The number of amides is 3. The summed E-state index contributed by atoms with van der Waals surface area (Å²) < 4.78 is 0. The van der Waals surface area contributed by atoms with E-state index >= 15 is 0 Å². The van der Waals surface area contributed by atoms with Crippen LogP contribution in [0.15, 0.2) is 42.5 Å². The summed E-state index contributed by atoms with van der Waals surface area (Å²) in [6, 6.07) is 10.2. The molecule has 0 aromatic heterocycles. The Bertz CT molecular complexity index is 818. The van der Waals surface area contributed by atoms with Gasteiger partial charge in [0.05, 0.1) is 11.0 Å². The second kappa shape index (κ2) is 7.43. The minimum absolute atomic E-state index is 0.0952. The van der Waals surface area contributed by atoms with Gasteiger partial charge in [0.25, 0.3) is 11.6 Å². The Morgan fingerprint density at radius 2 is 1.80 bits per heavy atom. The first-order valence-electron chi connectivity index (χ1n) is 7.51. The Hall–Kier alpha value is -3.42. The van der Waals surface area contributed by atoms with E-state index in [9.17, 15) is 19.7 Å². The lowest BCUT2D eigenvalue weighted by Gasteiger charge is -2.16. The second-order valence-corrected chi connectivity index (χ2v) is 5.51. The summed E-state index contributed by atoms with van der Waals surface area (Å²) in [6.45, 7) is 3.34. The van der Waals surface area contributed by atoms with Crippen molar-refractivity contribution in [1.82, 2.24) is 5.32 Å². The predicted molar refractivity (Wildman–Crippen MR) is 93.4 cm³/mol. The molecule has 0 aliphatic rings.